The quantitative estimate of drug-likeness (QED) is 0.0146. The van der Waals surface area contributed by atoms with E-state index in [2.05, 4.69) is 191 Å². The van der Waals surface area contributed by atoms with E-state index < -0.39 is 91.5 Å². The van der Waals surface area contributed by atoms with Crippen molar-refractivity contribution in [2.24, 2.45) is 0 Å². The number of unbranched alkanes of at least 4 members (excludes halogenated alkanes) is 38. The van der Waals surface area contributed by atoms with Crippen LogP contribution in [0.1, 0.15) is 393 Å². The maximum Gasteiger partial charge on any atom is 0.472 e. The lowest BCUT2D eigenvalue weighted by atomic mass is 10.0. The molecule has 0 heterocycles. The Morgan fingerprint density at radius 3 is 0.706 bits per heavy atom. The molecule has 18 heteroatoms. The number of rotatable bonds is 89. The van der Waals surface area contributed by atoms with Crippen molar-refractivity contribution >= 4 is 33.6 Å². The number of aliphatic hydroxyl groups excluding tert-OH is 2. The van der Waals surface area contributed by atoms with Gasteiger partial charge >= 0.3 is 33.6 Å². The predicted molar refractivity (Wildman–Crippen MR) is 500 cm³/mol. The third-order valence-electron chi connectivity index (χ3n) is 19.9. The highest BCUT2D eigenvalue weighted by atomic mass is 31.2. The summed E-state index contributed by atoms with van der Waals surface area (Å²) in [4.78, 5) is 59.0. The van der Waals surface area contributed by atoms with Crippen LogP contribution < -0.4 is 0 Å². The largest absolute Gasteiger partial charge is 0.472 e. The molecule has 0 spiro atoms. The van der Waals surface area contributed by atoms with Gasteiger partial charge in [-0.2, -0.15) is 0 Å². The minimum absolute atomic E-state index is 0.0852. The van der Waals surface area contributed by atoms with Crippen molar-refractivity contribution in [2.45, 2.75) is 411 Å². The highest BCUT2D eigenvalue weighted by Crippen LogP contribution is 2.45. The molecule has 0 aliphatic heterocycles. The molecule has 0 aromatic rings. The third kappa shape index (κ3) is 93.5. The molecule has 16 nitrogen and oxygen atoms in total. The van der Waals surface area contributed by atoms with E-state index in [0.717, 1.165) is 180 Å². The number of hydrogen-bond donors (Lipinski definition) is 4. The first-order valence-electron chi connectivity index (χ1n) is 47.4. The van der Waals surface area contributed by atoms with Gasteiger partial charge in [-0.1, -0.05) is 390 Å². The number of phosphoric acid groups is 2. The lowest BCUT2D eigenvalue weighted by Gasteiger charge is -2.21. The molecular formula is C101H172O16P2. The summed E-state index contributed by atoms with van der Waals surface area (Å²) in [6.45, 7) is 2.45. The van der Waals surface area contributed by atoms with Crippen molar-refractivity contribution in [3.63, 3.8) is 0 Å². The number of aliphatic hydroxyl groups is 2. The van der Waals surface area contributed by atoms with Crippen LogP contribution in [-0.4, -0.2) is 95.9 Å². The average Bonchev–Trinajstić information content (AvgIpc) is 0.903. The molecule has 0 amide bonds. The van der Waals surface area contributed by atoms with E-state index in [1.165, 1.54) is 154 Å². The molecule has 0 aliphatic carbocycles. The molecule has 0 saturated heterocycles. The Bertz CT molecular complexity index is 2840. The van der Waals surface area contributed by atoms with Crippen molar-refractivity contribution < 1.29 is 75.8 Å². The molecule has 682 valence electrons. The number of phosphoric ester groups is 2. The number of hydrogen-bond acceptors (Lipinski definition) is 14. The Morgan fingerprint density at radius 1 is 0.244 bits per heavy atom. The maximum absolute atomic E-state index is 13.1. The summed E-state index contributed by atoms with van der Waals surface area (Å²) < 4.78 is 61.5. The van der Waals surface area contributed by atoms with Gasteiger partial charge in [-0.3, -0.25) is 32.5 Å². The van der Waals surface area contributed by atoms with Gasteiger partial charge in [-0.05, 0) is 154 Å². The Kier molecular flexibility index (Phi) is 88.2. The first kappa shape index (κ1) is 114. The smallest absolute Gasteiger partial charge is 0.463 e. The Labute approximate surface area is 726 Å². The second-order valence-corrected chi connectivity index (χ2v) is 34.3. The van der Waals surface area contributed by atoms with Gasteiger partial charge in [0.2, 0.25) is 0 Å². The van der Waals surface area contributed by atoms with Crippen LogP contribution in [0.5, 0.6) is 0 Å². The summed E-state index contributed by atoms with van der Waals surface area (Å²) in [6.07, 6.45) is 120. The van der Waals surface area contributed by atoms with E-state index in [4.69, 9.17) is 32.3 Å². The molecule has 0 fully saturated rings. The van der Waals surface area contributed by atoms with Crippen LogP contribution in [-0.2, 0) is 55.8 Å². The van der Waals surface area contributed by atoms with E-state index in [1.807, 2.05) is 0 Å². The zero-order valence-electron chi connectivity index (χ0n) is 75.2. The SMILES string of the molecule is CC/C=C\C/C=C\C/C=C\C/C=C\C/C=C\CCCCCCCCCCCC(=O)OCC(COP(=O)(O)OCC(O)COP(=O)(O)OCC(O)COC(=O)CCCCCCCCCCCCCCCCCCCCC/C=C\C/C=C\C/C=C\C/C=C\CCCCC)OC(=O)CCCCCCCCC/C=C\C/C=C\C/C=C\C/C=C\C/C=C\CC. The number of ether oxygens (including phenoxy) is 3. The van der Waals surface area contributed by atoms with E-state index in [-0.39, 0.29) is 19.3 Å². The van der Waals surface area contributed by atoms with E-state index >= 15 is 0 Å². The Balaban J connectivity index is 4.55. The lowest BCUT2D eigenvalue weighted by molar-refractivity contribution is -0.161. The van der Waals surface area contributed by atoms with E-state index in [9.17, 15) is 43.5 Å². The summed E-state index contributed by atoms with van der Waals surface area (Å²) in [5.74, 6) is -1.59. The molecule has 5 atom stereocenters. The van der Waals surface area contributed by atoms with Crippen LogP contribution in [0.3, 0.4) is 0 Å². The monoisotopic (exact) mass is 1700 g/mol. The standard InChI is InChI=1S/C101H172O16P2/c1-4-7-10-13-16-19-22-25-28-31-34-37-40-42-43-44-45-46-47-48-49-50-51-53-56-57-60-63-66-69-72-75-78-81-84-87-99(104)111-90-96(102)91-113-118(107,108)114-92-97(103)93-115-119(109,110)116-95-98(117-101(106)89-86-83-80-77-74-71-68-65-62-59-54-39-36-33-30-27-24-21-18-15-12-9-6-3)94-112-100(105)88-85-82-79-76-73-70-67-64-61-58-55-52-41-38-35-32-29-26-23-20-17-14-11-8-5-2/h8-9,11-12,16-21,25-30,34-39,42-43,52,55,59,62,96-98,102-103H,4-7,10,13-15,22-24,31-33,40-41,44-51,53-54,56-58,60-61,63-95H2,1-3H3,(H,107,108)(H,109,110)/b11-8-,12-9-,19-16-,20-17-,21-18-,28-25-,29-26-,30-27-,37-34-,38-35-,39-36-,43-42-,55-52-,62-59-. The van der Waals surface area contributed by atoms with Crippen molar-refractivity contribution in [3.8, 4) is 0 Å². The van der Waals surface area contributed by atoms with Crippen LogP contribution in [0.4, 0.5) is 0 Å². The number of carbonyl (C=O) groups is 3. The molecular weight excluding hydrogens is 1530 g/mol. The molecule has 0 rings (SSSR count). The van der Waals surface area contributed by atoms with Gasteiger partial charge in [0.15, 0.2) is 6.10 Å². The minimum Gasteiger partial charge on any atom is -0.463 e. The fourth-order valence-corrected chi connectivity index (χ4v) is 14.4. The zero-order valence-corrected chi connectivity index (χ0v) is 77.0. The highest BCUT2D eigenvalue weighted by Gasteiger charge is 2.30. The number of allylic oxidation sites excluding steroid dienone is 28. The van der Waals surface area contributed by atoms with Gasteiger partial charge in [-0.15, -0.1) is 0 Å². The fourth-order valence-electron chi connectivity index (χ4n) is 12.8. The van der Waals surface area contributed by atoms with Gasteiger partial charge in [-0.25, -0.2) is 9.13 Å². The molecule has 5 unspecified atom stereocenters. The van der Waals surface area contributed by atoms with Crippen LogP contribution in [0.15, 0.2) is 170 Å². The Morgan fingerprint density at radius 2 is 0.445 bits per heavy atom. The predicted octanol–water partition coefficient (Wildman–Crippen LogP) is 29.4. The first-order valence-corrected chi connectivity index (χ1v) is 50.4. The number of esters is 3. The lowest BCUT2D eigenvalue weighted by Crippen LogP contribution is -2.30. The molecule has 0 aliphatic rings. The topological polar surface area (TPSA) is 231 Å². The summed E-state index contributed by atoms with van der Waals surface area (Å²) in [6, 6.07) is 0. The van der Waals surface area contributed by atoms with Crippen LogP contribution in [0.2, 0.25) is 0 Å². The van der Waals surface area contributed by atoms with E-state index in [1.54, 1.807) is 0 Å². The zero-order chi connectivity index (χ0) is 86.5. The number of carbonyl (C=O) groups excluding carboxylic acids is 3. The molecule has 119 heavy (non-hydrogen) atoms. The average molecular weight is 1700 g/mol. The summed E-state index contributed by atoms with van der Waals surface area (Å²) >= 11 is 0. The maximum atomic E-state index is 13.1. The van der Waals surface area contributed by atoms with Crippen LogP contribution in [0.25, 0.3) is 0 Å². The summed E-state index contributed by atoms with van der Waals surface area (Å²) in [5, 5.41) is 20.8. The normalized spacial score (nSPS) is 14.5. The van der Waals surface area contributed by atoms with Crippen molar-refractivity contribution in [2.75, 3.05) is 39.6 Å². The van der Waals surface area contributed by atoms with Crippen molar-refractivity contribution in [1.82, 2.24) is 0 Å². The van der Waals surface area contributed by atoms with Gasteiger partial charge in [0.1, 0.15) is 25.4 Å². The summed E-state index contributed by atoms with van der Waals surface area (Å²) in [5.41, 5.74) is 0. The Hall–Kier alpha value is -5.09. The molecule has 4 N–H and O–H groups in total. The fraction of sp³-hybridized carbons (Fsp3) is 0.693. The second-order valence-electron chi connectivity index (χ2n) is 31.4. The van der Waals surface area contributed by atoms with Gasteiger partial charge in [0.05, 0.1) is 26.4 Å². The van der Waals surface area contributed by atoms with Gasteiger partial charge in [0.25, 0.3) is 0 Å². The third-order valence-corrected chi connectivity index (χ3v) is 21.8. The minimum atomic E-state index is -4.95. The first-order chi connectivity index (χ1) is 58.2. The molecule has 0 aromatic heterocycles. The highest BCUT2D eigenvalue weighted by molar-refractivity contribution is 7.47. The second kappa shape index (κ2) is 92.1. The molecule has 0 aromatic carbocycles. The van der Waals surface area contributed by atoms with Crippen molar-refractivity contribution in [1.29, 1.82) is 0 Å². The molecule has 0 radical (unpaired) electrons. The van der Waals surface area contributed by atoms with E-state index in [0.29, 0.717) is 19.3 Å². The molecule has 0 bridgehead atoms. The van der Waals surface area contributed by atoms with Crippen LogP contribution >= 0.6 is 15.6 Å². The van der Waals surface area contributed by atoms with Gasteiger partial charge in [0, 0.05) is 19.3 Å². The van der Waals surface area contributed by atoms with Crippen LogP contribution in [0, 0.1) is 0 Å². The van der Waals surface area contributed by atoms with Gasteiger partial charge < -0.3 is 34.2 Å². The molecule has 0 saturated carbocycles. The summed E-state index contributed by atoms with van der Waals surface area (Å²) in [7, 11) is -9.82. The van der Waals surface area contributed by atoms with Crippen molar-refractivity contribution in [3.05, 3.63) is 170 Å².